The van der Waals surface area contributed by atoms with E-state index in [0.29, 0.717) is 6.42 Å². The number of hydrogen-bond acceptors (Lipinski definition) is 4. The van der Waals surface area contributed by atoms with E-state index in [4.69, 9.17) is 4.99 Å². The standard InChI is InChI=1S/C21H22N4OS/c1-4-14-7-5-6-13(2)20(14)22-21-24-23-17(12-27-21)15-8-9-18-16(10-15)11-19(26)25(18)3/h5-10H,4,11-12H2,1-3H3,(H,22,24). The first-order valence-corrected chi connectivity index (χ1v) is 10.1. The van der Waals surface area contributed by atoms with Gasteiger partial charge in [-0.3, -0.25) is 10.2 Å². The Morgan fingerprint density at radius 2 is 2.15 bits per heavy atom. The van der Waals surface area contributed by atoms with Gasteiger partial charge in [0.2, 0.25) is 5.91 Å². The predicted molar refractivity (Wildman–Crippen MR) is 113 cm³/mol. The summed E-state index contributed by atoms with van der Waals surface area (Å²) in [5, 5.41) is 5.36. The Balaban J connectivity index is 1.57. The van der Waals surface area contributed by atoms with Crippen LogP contribution in [-0.2, 0) is 17.6 Å². The van der Waals surface area contributed by atoms with Crippen molar-refractivity contribution in [3.05, 3.63) is 58.7 Å². The largest absolute Gasteiger partial charge is 0.315 e. The van der Waals surface area contributed by atoms with Crippen LogP contribution in [0, 0.1) is 6.92 Å². The number of para-hydroxylation sites is 1. The number of thioether (sulfide) groups is 1. The highest BCUT2D eigenvalue weighted by Gasteiger charge is 2.25. The first-order valence-electron chi connectivity index (χ1n) is 9.09. The minimum absolute atomic E-state index is 0.139. The number of rotatable bonds is 3. The lowest BCUT2D eigenvalue weighted by molar-refractivity contribution is -0.117. The minimum atomic E-state index is 0.139. The number of carbonyl (C=O) groups is 1. The molecule has 2 aromatic carbocycles. The number of aryl methyl sites for hydroxylation is 2. The third kappa shape index (κ3) is 3.37. The molecule has 0 atom stereocenters. The van der Waals surface area contributed by atoms with Crippen molar-refractivity contribution in [1.29, 1.82) is 0 Å². The van der Waals surface area contributed by atoms with Crippen LogP contribution in [0.2, 0.25) is 0 Å². The number of nitrogens with zero attached hydrogens (tertiary/aromatic N) is 3. The van der Waals surface area contributed by atoms with E-state index in [2.05, 4.69) is 48.6 Å². The van der Waals surface area contributed by atoms with Gasteiger partial charge >= 0.3 is 0 Å². The fraction of sp³-hybridized carbons (Fsp3) is 0.286. The summed E-state index contributed by atoms with van der Waals surface area (Å²) in [5.41, 5.74) is 10.7. The molecule has 138 valence electrons. The number of nitrogens with one attached hydrogen (secondary N) is 1. The van der Waals surface area contributed by atoms with Crippen LogP contribution in [0.1, 0.15) is 29.2 Å². The van der Waals surface area contributed by atoms with Crippen LogP contribution in [0.5, 0.6) is 0 Å². The van der Waals surface area contributed by atoms with Gasteiger partial charge in [-0.15, -0.1) is 0 Å². The molecule has 2 heterocycles. The molecule has 2 aliphatic heterocycles. The van der Waals surface area contributed by atoms with Gasteiger partial charge in [0.15, 0.2) is 5.17 Å². The molecule has 0 bridgehead atoms. The molecule has 1 amide bonds. The summed E-state index contributed by atoms with van der Waals surface area (Å²) in [6.45, 7) is 4.23. The van der Waals surface area contributed by atoms with Crippen LogP contribution < -0.4 is 10.3 Å². The van der Waals surface area contributed by atoms with Crippen molar-refractivity contribution in [2.75, 3.05) is 17.7 Å². The maximum Gasteiger partial charge on any atom is 0.231 e. The third-order valence-electron chi connectivity index (χ3n) is 5.04. The van der Waals surface area contributed by atoms with Crippen LogP contribution in [-0.4, -0.2) is 29.6 Å². The van der Waals surface area contributed by atoms with E-state index in [0.717, 1.165) is 45.6 Å². The lowest BCUT2D eigenvalue weighted by Crippen LogP contribution is -2.25. The van der Waals surface area contributed by atoms with Crippen LogP contribution in [0.3, 0.4) is 0 Å². The highest BCUT2D eigenvalue weighted by atomic mass is 32.2. The van der Waals surface area contributed by atoms with Crippen LogP contribution >= 0.6 is 11.8 Å². The fourth-order valence-corrected chi connectivity index (χ4v) is 4.21. The number of likely N-dealkylation sites (N-methyl/N-ethyl adjacent to an activating group) is 1. The van der Waals surface area contributed by atoms with Gasteiger partial charge in [-0.2, -0.15) is 5.10 Å². The Labute approximate surface area is 163 Å². The summed E-state index contributed by atoms with van der Waals surface area (Å²) in [5.74, 6) is 0.890. The van der Waals surface area contributed by atoms with Crippen LogP contribution in [0.4, 0.5) is 11.4 Å². The SMILES string of the molecule is CCc1cccc(C)c1N=C1NN=C(c2ccc3c(c2)CC(=O)N3C)CS1. The third-order valence-corrected chi connectivity index (χ3v) is 5.91. The smallest absolute Gasteiger partial charge is 0.231 e. The summed E-state index contributed by atoms with van der Waals surface area (Å²) < 4.78 is 0. The Morgan fingerprint density at radius 1 is 1.30 bits per heavy atom. The zero-order valence-corrected chi connectivity index (χ0v) is 16.6. The van der Waals surface area contributed by atoms with E-state index in [1.54, 1.807) is 16.7 Å². The van der Waals surface area contributed by atoms with Crippen molar-refractivity contribution in [3.8, 4) is 0 Å². The molecule has 6 heteroatoms. The van der Waals surface area contributed by atoms with E-state index in [9.17, 15) is 4.79 Å². The fourth-order valence-electron chi connectivity index (χ4n) is 3.44. The number of benzene rings is 2. The molecule has 4 rings (SSSR count). The summed E-state index contributed by atoms with van der Waals surface area (Å²) in [6, 6.07) is 12.4. The van der Waals surface area contributed by atoms with E-state index >= 15 is 0 Å². The molecule has 0 unspecified atom stereocenters. The lowest BCUT2D eigenvalue weighted by Gasteiger charge is -2.17. The Hall–Kier alpha value is -2.60. The van der Waals surface area contributed by atoms with Gasteiger partial charge in [0.25, 0.3) is 0 Å². The molecule has 0 saturated heterocycles. The molecule has 0 aliphatic carbocycles. The number of hydrogen-bond donors (Lipinski definition) is 1. The van der Waals surface area contributed by atoms with Gasteiger partial charge in [0, 0.05) is 18.5 Å². The highest BCUT2D eigenvalue weighted by molar-refractivity contribution is 8.14. The van der Waals surface area contributed by atoms with Crippen LogP contribution in [0.15, 0.2) is 46.5 Å². The second-order valence-corrected chi connectivity index (χ2v) is 7.75. The van der Waals surface area contributed by atoms with Gasteiger partial charge in [-0.25, -0.2) is 4.99 Å². The average molecular weight is 379 g/mol. The molecule has 0 radical (unpaired) electrons. The molecule has 2 aliphatic rings. The molecule has 0 fully saturated rings. The zero-order valence-electron chi connectivity index (χ0n) is 15.7. The molecule has 0 spiro atoms. The number of aliphatic imine (C=N–C) groups is 1. The van der Waals surface area contributed by atoms with Crippen molar-refractivity contribution < 1.29 is 4.79 Å². The van der Waals surface area contributed by atoms with E-state index in [1.165, 1.54) is 11.1 Å². The van der Waals surface area contributed by atoms with Crippen LogP contribution in [0.25, 0.3) is 0 Å². The number of carbonyl (C=O) groups excluding carboxylic acids is 1. The minimum Gasteiger partial charge on any atom is -0.315 e. The van der Waals surface area contributed by atoms with Crippen molar-refractivity contribution in [1.82, 2.24) is 5.43 Å². The quantitative estimate of drug-likeness (QED) is 0.884. The second kappa shape index (κ2) is 7.19. The Bertz CT molecular complexity index is 980. The first kappa shape index (κ1) is 17.8. The number of amides is 1. The lowest BCUT2D eigenvalue weighted by atomic mass is 10.1. The molecular formula is C21H22N4OS. The molecule has 0 aromatic heterocycles. The number of hydrazone groups is 1. The van der Waals surface area contributed by atoms with Gasteiger partial charge < -0.3 is 4.90 Å². The van der Waals surface area contributed by atoms with Gasteiger partial charge in [0.1, 0.15) is 0 Å². The molecule has 1 N–H and O–H groups in total. The van der Waals surface area contributed by atoms with Crippen molar-refractivity contribution in [2.24, 2.45) is 10.1 Å². The maximum absolute atomic E-state index is 11.9. The highest BCUT2D eigenvalue weighted by Crippen LogP contribution is 2.30. The number of amidine groups is 1. The van der Waals surface area contributed by atoms with Crippen molar-refractivity contribution >= 4 is 39.9 Å². The van der Waals surface area contributed by atoms with Gasteiger partial charge in [0.05, 0.1) is 17.8 Å². The normalized spacial score (nSPS) is 17.7. The predicted octanol–water partition coefficient (Wildman–Crippen LogP) is 3.80. The summed E-state index contributed by atoms with van der Waals surface area (Å²) in [4.78, 5) is 18.4. The van der Waals surface area contributed by atoms with E-state index < -0.39 is 0 Å². The molecular weight excluding hydrogens is 356 g/mol. The molecule has 27 heavy (non-hydrogen) atoms. The number of fused-ring (bicyclic) bond motifs is 1. The number of anilines is 1. The Morgan fingerprint density at radius 3 is 2.89 bits per heavy atom. The van der Waals surface area contributed by atoms with Crippen molar-refractivity contribution in [2.45, 2.75) is 26.7 Å². The Kier molecular flexibility index (Phi) is 4.74. The monoisotopic (exact) mass is 378 g/mol. The molecule has 0 saturated carbocycles. The van der Waals surface area contributed by atoms with E-state index in [-0.39, 0.29) is 5.91 Å². The average Bonchev–Trinajstić information content (AvgIpc) is 2.97. The summed E-state index contributed by atoms with van der Waals surface area (Å²) >= 11 is 1.65. The summed E-state index contributed by atoms with van der Waals surface area (Å²) in [6.07, 6.45) is 1.42. The van der Waals surface area contributed by atoms with Gasteiger partial charge in [-0.1, -0.05) is 43.0 Å². The maximum atomic E-state index is 11.9. The molecule has 5 nitrogen and oxygen atoms in total. The zero-order chi connectivity index (χ0) is 19.0. The molecule has 2 aromatic rings. The van der Waals surface area contributed by atoms with E-state index in [1.807, 2.05) is 19.2 Å². The van der Waals surface area contributed by atoms with Gasteiger partial charge in [-0.05, 0) is 47.7 Å². The van der Waals surface area contributed by atoms with Crippen molar-refractivity contribution in [3.63, 3.8) is 0 Å². The topological polar surface area (TPSA) is 57.1 Å². The first-order chi connectivity index (χ1) is 13.1. The summed E-state index contributed by atoms with van der Waals surface area (Å²) in [7, 11) is 1.82. The second-order valence-electron chi connectivity index (χ2n) is 6.79.